The Morgan fingerprint density at radius 1 is 1.21 bits per heavy atom. The fourth-order valence-corrected chi connectivity index (χ4v) is 4.56. The highest BCUT2D eigenvalue weighted by molar-refractivity contribution is 7.89. The number of benzene rings is 1. The molecule has 0 atom stereocenters. The summed E-state index contributed by atoms with van der Waals surface area (Å²) in [4.78, 5) is -0.00433. The standard InChI is InChI=1S/C18H22F3N3O3S/c1-2-27-15-9-5-6-10-16(15)28(25,26)22-11-12-24-14-8-4-3-7-13(14)17(23-24)18(19,20)21/h5-6,9-10,22H,2-4,7-8,11-12H2,1H3. The summed E-state index contributed by atoms with van der Waals surface area (Å²) in [5.74, 6) is 0.230. The van der Waals surface area contributed by atoms with E-state index < -0.39 is 21.9 Å². The van der Waals surface area contributed by atoms with Crippen molar-refractivity contribution in [2.24, 2.45) is 0 Å². The Balaban J connectivity index is 1.76. The number of fused-ring (bicyclic) bond motifs is 1. The minimum Gasteiger partial charge on any atom is -0.492 e. The van der Waals surface area contributed by atoms with Crippen LogP contribution in [0.2, 0.25) is 0 Å². The van der Waals surface area contributed by atoms with Crippen molar-refractivity contribution < 1.29 is 26.3 Å². The van der Waals surface area contributed by atoms with Crippen LogP contribution in [0.15, 0.2) is 29.2 Å². The number of nitrogens with zero attached hydrogens (tertiary/aromatic N) is 2. The van der Waals surface area contributed by atoms with E-state index in [9.17, 15) is 21.6 Å². The molecule has 2 aromatic rings. The van der Waals surface area contributed by atoms with Crippen LogP contribution in [-0.4, -0.2) is 31.3 Å². The van der Waals surface area contributed by atoms with Crippen LogP contribution in [0.4, 0.5) is 13.2 Å². The zero-order valence-electron chi connectivity index (χ0n) is 15.4. The number of sulfonamides is 1. The van der Waals surface area contributed by atoms with E-state index in [1.165, 1.54) is 10.7 Å². The highest BCUT2D eigenvalue weighted by atomic mass is 32.2. The van der Waals surface area contributed by atoms with Crippen LogP contribution in [0.1, 0.15) is 36.7 Å². The molecule has 0 amide bonds. The molecule has 1 aliphatic carbocycles. The van der Waals surface area contributed by atoms with E-state index in [4.69, 9.17) is 4.74 Å². The van der Waals surface area contributed by atoms with E-state index in [0.717, 1.165) is 6.42 Å². The third-order valence-electron chi connectivity index (χ3n) is 4.58. The molecule has 1 aromatic carbocycles. The number of alkyl halides is 3. The first-order valence-electron chi connectivity index (χ1n) is 9.11. The third-order valence-corrected chi connectivity index (χ3v) is 6.08. The van der Waals surface area contributed by atoms with Gasteiger partial charge in [-0.3, -0.25) is 4.68 Å². The molecule has 1 aromatic heterocycles. The first-order chi connectivity index (χ1) is 13.2. The molecular weight excluding hydrogens is 395 g/mol. The van der Waals surface area contributed by atoms with Gasteiger partial charge in [0.05, 0.1) is 13.2 Å². The van der Waals surface area contributed by atoms with Gasteiger partial charge in [-0.2, -0.15) is 18.3 Å². The number of ether oxygens (including phenoxy) is 1. The fourth-order valence-electron chi connectivity index (χ4n) is 3.39. The average Bonchev–Trinajstić information content (AvgIpc) is 3.02. The number of para-hydroxylation sites is 1. The second kappa shape index (κ2) is 8.12. The predicted molar refractivity (Wildman–Crippen MR) is 96.7 cm³/mol. The van der Waals surface area contributed by atoms with Crippen LogP contribution in [0.5, 0.6) is 5.75 Å². The van der Waals surface area contributed by atoms with Gasteiger partial charge < -0.3 is 4.74 Å². The molecule has 0 saturated heterocycles. The van der Waals surface area contributed by atoms with E-state index in [2.05, 4.69) is 9.82 Å². The zero-order chi connectivity index (χ0) is 20.4. The highest BCUT2D eigenvalue weighted by Crippen LogP contribution is 2.35. The molecule has 1 heterocycles. The van der Waals surface area contributed by atoms with Gasteiger partial charge in [-0.1, -0.05) is 12.1 Å². The molecule has 0 aliphatic heterocycles. The highest BCUT2D eigenvalue weighted by Gasteiger charge is 2.39. The number of halogens is 3. The van der Waals surface area contributed by atoms with Crippen LogP contribution < -0.4 is 9.46 Å². The normalized spacial score (nSPS) is 14.7. The molecule has 10 heteroatoms. The van der Waals surface area contributed by atoms with Crippen molar-refractivity contribution in [3.8, 4) is 5.75 Å². The molecule has 0 bridgehead atoms. The van der Waals surface area contributed by atoms with Gasteiger partial charge in [-0.25, -0.2) is 13.1 Å². The maximum absolute atomic E-state index is 13.2. The maximum Gasteiger partial charge on any atom is 0.435 e. The Morgan fingerprint density at radius 3 is 2.64 bits per heavy atom. The fraction of sp³-hybridized carbons (Fsp3) is 0.500. The van der Waals surface area contributed by atoms with Gasteiger partial charge in [-0.05, 0) is 44.7 Å². The Hall–Kier alpha value is -2.07. The van der Waals surface area contributed by atoms with Crippen molar-refractivity contribution in [1.82, 2.24) is 14.5 Å². The summed E-state index contributed by atoms with van der Waals surface area (Å²) in [5, 5.41) is 3.73. The second-order valence-electron chi connectivity index (χ2n) is 6.48. The molecule has 154 valence electrons. The lowest BCUT2D eigenvalue weighted by atomic mass is 9.95. The van der Waals surface area contributed by atoms with Crippen LogP contribution in [0, 0.1) is 0 Å². The van der Waals surface area contributed by atoms with Gasteiger partial charge in [0.1, 0.15) is 10.6 Å². The lowest BCUT2D eigenvalue weighted by molar-refractivity contribution is -0.142. The molecular formula is C18H22F3N3O3S. The van der Waals surface area contributed by atoms with E-state index in [1.54, 1.807) is 25.1 Å². The topological polar surface area (TPSA) is 73.2 Å². The van der Waals surface area contributed by atoms with Crippen molar-refractivity contribution >= 4 is 10.0 Å². The van der Waals surface area contributed by atoms with Gasteiger partial charge in [0.15, 0.2) is 5.69 Å². The maximum atomic E-state index is 13.2. The van der Waals surface area contributed by atoms with E-state index >= 15 is 0 Å². The molecule has 6 nitrogen and oxygen atoms in total. The first-order valence-corrected chi connectivity index (χ1v) is 10.6. The summed E-state index contributed by atoms with van der Waals surface area (Å²) in [7, 11) is -3.86. The Labute approximate surface area is 161 Å². The van der Waals surface area contributed by atoms with Crippen LogP contribution in [0.25, 0.3) is 0 Å². The smallest absolute Gasteiger partial charge is 0.435 e. The monoisotopic (exact) mass is 417 g/mol. The van der Waals surface area contributed by atoms with Crippen molar-refractivity contribution in [3.05, 3.63) is 41.2 Å². The third kappa shape index (κ3) is 4.33. The number of aromatic nitrogens is 2. The van der Waals surface area contributed by atoms with Crippen molar-refractivity contribution in [1.29, 1.82) is 0 Å². The quantitative estimate of drug-likeness (QED) is 0.751. The van der Waals surface area contributed by atoms with E-state index in [1.807, 2.05) is 0 Å². The molecule has 0 radical (unpaired) electrons. The zero-order valence-corrected chi connectivity index (χ0v) is 16.2. The Morgan fingerprint density at radius 2 is 1.93 bits per heavy atom. The van der Waals surface area contributed by atoms with Crippen molar-refractivity contribution in [3.63, 3.8) is 0 Å². The second-order valence-corrected chi connectivity index (χ2v) is 8.21. The number of rotatable bonds is 7. The summed E-state index contributed by atoms with van der Waals surface area (Å²) in [6.45, 7) is 2.00. The van der Waals surface area contributed by atoms with Gasteiger partial charge in [0.25, 0.3) is 0 Å². The van der Waals surface area contributed by atoms with Gasteiger partial charge in [0.2, 0.25) is 10.0 Å². The van der Waals surface area contributed by atoms with Gasteiger partial charge in [-0.15, -0.1) is 0 Å². The van der Waals surface area contributed by atoms with Crippen molar-refractivity contribution in [2.75, 3.05) is 13.2 Å². The van der Waals surface area contributed by atoms with Crippen LogP contribution in [0.3, 0.4) is 0 Å². The minimum atomic E-state index is -4.51. The number of hydrogen-bond acceptors (Lipinski definition) is 4. The predicted octanol–water partition coefficient (Wildman–Crippen LogP) is 3.16. The van der Waals surface area contributed by atoms with Gasteiger partial charge in [0, 0.05) is 17.8 Å². The van der Waals surface area contributed by atoms with Crippen LogP contribution >= 0.6 is 0 Å². The number of hydrogen-bond donors (Lipinski definition) is 1. The summed E-state index contributed by atoms with van der Waals surface area (Å²) in [6, 6.07) is 6.22. The average molecular weight is 417 g/mol. The molecule has 3 rings (SSSR count). The number of nitrogens with one attached hydrogen (secondary N) is 1. The summed E-state index contributed by atoms with van der Waals surface area (Å²) >= 11 is 0. The SMILES string of the molecule is CCOc1ccccc1S(=O)(=O)NCCn1nc(C(F)(F)F)c2c1CCCC2. The molecule has 0 unspecified atom stereocenters. The first kappa shape index (κ1) is 20.7. The van der Waals surface area contributed by atoms with E-state index in [0.29, 0.717) is 31.6 Å². The van der Waals surface area contributed by atoms with Gasteiger partial charge >= 0.3 is 6.18 Å². The van der Waals surface area contributed by atoms with E-state index in [-0.39, 0.29) is 29.3 Å². The molecule has 0 spiro atoms. The Kier molecular flexibility index (Phi) is 5.99. The molecule has 0 saturated carbocycles. The molecule has 0 fully saturated rings. The summed E-state index contributed by atoms with van der Waals surface area (Å²) < 4.78 is 73.9. The Bertz CT molecular complexity index is 939. The molecule has 1 aliphatic rings. The van der Waals surface area contributed by atoms with Crippen molar-refractivity contribution in [2.45, 2.75) is 50.2 Å². The minimum absolute atomic E-state index is 0.00433. The summed E-state index contributed by atoms with van der Waals surface area (Å²) in [5.41, 5.74) is -0.0671. The lowest BCUT2D eigenvalue weighted by Crippen LogP contribution is -2.28. The largest absolute Gasteiger partial charge is 0.492 e. The van der Waals surface area contributed by atoms with Crippen LogP contribution in [-0.2, 0) is 35.6 Å². The molecule has 28 heavy (non-hydrogen) atoms. The lowest BCUT2D eigenvalue weighted by Gasteiger charge is -2.15. The molecule has 1 N–H and O–H groups in total. The summed E-state index contributed by atoms with van der Waals surface area (Å²) in [6.07, 6.45) is -2.16.